The summed E-state index contributed by atoms with van der Waals surface area (Å²) in [5, 5.41) is 37.4. The highest BCUT2D eigenvalue weighted by atomic mass is 31.3. The van der Waals surface area contributed by atoms with E-state index < -0.39 is 91.7 Å². The fourth-order valence-corrected chi connectivity index (χ4v) is 7.81. The number of pyridine rings is 1. The van der Waals surface area contributed by atoms with Crippen molar-refractivity contribution >= 4 is 35.2 Å². The SMILES string of the molecule is NC(=O)c1ccc[n+]([C@@H]2O[C@H](COP(=O)(O)OP(=O)(O)OC[C@H]3O[C@@H](N4CNC5=C4NCN=C5N)[C@H](OP(=O)(O)O)[C@@H]3O)[C@@H](O)[C@H]2O)c1. The first-order chi connectivity index (χ1) is 22.4. The Morgan fingerprint density at radius 1 is 1.02 bits per heavy atom. The van der Waals surface area contributed by atoms with Crippen LogP contribution in [0.2, 0.25) is 0 Å². The van der Waals surface area contributed by atoms with Crippen LogP contribution in [0.1, 0.15) is 16.6 Å². The Kier molecular flexibility index (Phi) is 10.7. The molecule has 0 saturated carbocycles. The molecule has 1 aromatic rings. The summed E-state index contributed by atoms with van der Waals surface area (Å²) < 4.78 is 67.6. The second-order valence-corrected chi connectivity index (χ2v) is 14.8. The number of aromatic nitrogens is 1. The average molecular weight is 748 g/mol. The van der Waals surface area contributed by atoms with Gasteiger partial charge < -0.3 is 71.4 Å². The Balaban J connectivity index is 1.19. The molecule has 2 saturated heterocycles. The third kappa shape index (κ3) is 8.22. The molecule has 4 aliphatic heterocycles. The molecule has 5 heterocycles. The molecule has 24 nitrogen and oxygen atoms in total. The highest BCUT2D eigenvalue weighted by molar-refractivity contribution is 7.61. The van der Waals surface area contributed by atoms with Gasteiger partial charge in [-0.3, -0.25) is 18.4 Å². The number of aliphatic imine (C=N–C) groups is 1. The zero-order valence-electron chi connectivity index (χ0n) is 24.3. The summed E-state index contributed by atoms with van der Waals surface area (Å²) in [7, 11) is -16.2. The number of carbonyl (C=O) groups is 1. The van der Waals surface area contributed by atoms with Gasteiger partial charge in [-0.1, -0.05) is 0 Å². The second-order valence-electron chi connectivity index (χ2n) is 10.6. The summed E-state index contributed by atoms with van der Waals surface area (Å²) in [6, 6.07) is 2.80. The van der Waals surface area contributed by atoms with E-state index in [1.54, 1.807) is 0 Å². The van der Waals surface area contributed by atoms with Crippen molar-refractivity contribution in [3.8, 4) is 0 Å². The maximum absolute atomic E-state index is 12.6. The van der Waals surface area contributed by atoms with Crippen LogP contribution in [0.25, 0.3) is 0 Å². The summed E-state index contributed by atoms with van der Waals surface area (Å²) >= 11 is 0. The third-order valence-corrected chi connectivity index (χ3v) is 10.4. The molecular formula is C21H33N7O17P3+. The van der Waals surface area contributed by atoms with Crippen molar-refractivity contribution in [1.82, 2.24) is 15.5 Å². The van der Waals surface area contributed by atoms with Gasteiger partial charge in [0.25, 0.3) is 12.1 Å². The molecule has 1 aromatic heterocycles. The molecular weight excluding hydrogens is 715 g/mol. The van der Waals surface area contributed by atoms with Crippen LogP contribution in [0, 0.1) is 0 Å². The Labute approximate surface area is 269 Å². The maximum Gasteiger partial charge on any atom is 0.481 e. The van der Waals surface area contributed by atoms with E-state index in [4.69, 9.17) is 30.0 Å². The van der Waals surface area contributed by atoms with Gasteiger partial charge >= 0.3 is 23.5 Å². The monoisotopic (exact) mass is 748 g/mol. The standard InChI is InChI=1S/C21H32N7O17P3/c22-17-12-19(25-7-24-17)28(8-26-12)21-16(44-46(33,34)35)14(30)11(43-21)6-41-48(38,39)45-47(36,37)40-5-10-13(29)15(31)20(42-10)27-3-1-2-9(4-27)18(23)32/h1-4,10-11,13-16,20-21,26,29-31H,5-8H2,(H8-,22,23,24,25,32,33,34,35,36,37,38,39)/p+1/t10-,11-,13-,14-,15-,16-,20-,21-/m1/s1. The Bertz CT molecular complexity index is 1610. The molecule has 5 rings (SSSR count). The average Bonchev–Trinajstić information content (AvgIpc) is 3.64. The van der Waals surface area contributed by atoms with E-state index in [-0.39, 0.29) is 24.7 Å². The molecule has 13 N–H and O–H groups in total. The summed E-state index contributed by atoms with van der Waals surface area (Å²) in [6.07, 6.45) is -10.1. The van der Waals surface area contributed by atoms with Crippen molar-refractivity contribution in [2.45, 2.75) is 49.1 Å². The van der Waals surface area contributed by atoms with Gasteiger partial charge in [0.05, 0.1) is 19.9 Å². The van der Waals surface area contributed by atoms with Gasteiger partial charge in [-0.05, 0) is 6.07 Å². The van der Waals surface area contributed by atoms with E-state index >= 15 is 0 Å². The lowest BCUT2D eigenvalue weighted by atomic mass is 10.1. The predicted molar refractivity (Wildman–Crippen MR) is 152 cm³/mol. The van der Waals surface area contributed by atoms with Crippen LogP contribution in [0.3, 0.4) is 0 Å². The van der Waals surface area contributed by atoms with E-state index in [2.05, 4.69) is 24.5 Å². The summed E-state index contributed by atoms with van der Waals surface area (Å²) in [4.78, 5) is 55.9. The van der Waals surface area contributed by atoms with E-state index in [1.807, 2.05) is 0 Å². The molecule has 0 aliphatic carbocycles. The summed E-state index contributed by atoms with van der Waals surface area (Å²) in [5.41, 5.74) is 11.5. The normalized spacial score (nSPS) is 33.0. The lowest BCUT2D eigenvalue weighted by Crippen LogP contribution is -2.47. The molecule has 10 atom stereocenters. The second kappa shape index (κ2) is 14.0. The van der Waals surface area contributed by atoms with Gasteiger partial charge in [-0.15, -0.1) is 0 Å². The van der Waals surface area contributed by atoms with Crippen LogP contribution in [0.4, 0.5) is 0 Å². The Morgan fingerprint density at radius 2 is 1.67 bits per heavy atom. The van der Waals surface area contributed by atoms with Crippen LogP contribution >= 0.6 is 23.5 Å². The number of hydrogen-bond donors (Lipinski definition) is 11. The highest BCUT2D eigenvalue weighted by Gasteiger charge is 2.53. The molecule has 0 radical (unpaired) electrons. The van der Waals surface area contributed by atoms with E-state index in [0.717, 1.165) is 0 Å². The number of amides is 1. The number of nitrogens with two attached hydrogens (primary N) is 2. The van der Waals surface area contributed by atoms with Gasteiger partial charge in [0.1, 0.15) is 60.1 Å². The van der Waals surface area contributed by atoms with Gasteiger partial charge in [-0.2, -0.15) is 8.88 Å². The molecule has 268 valence electrons. The minimum absolute atomic E-state index is 0.0414. The first kappa shape index (κ1) is 36.7. The van der Waals surface area contributed by atoms with Gasteiger partial charge in [0.2, 0.25) is 0 Å². The van der Waals surface area contributed by atoms with Gasteiger partial charge in [0.15, 0.2) is 24.7 Å². The fraction of sp³-hybridized carbons (Fsp3) is 0.571. The molecule has 48 heavy (non-hydrogen) atoms. The first-order valence-corrected chi connectivity index (χ1v) is 18.2. The maximum atomic E-state index is 12.6. The number of aliphatic hydroxyl groups excluding tert-OH is 3. The topological polar surface area (TPSA) is 361 Å². The van der Waals surface area contributed by atoms with Crippen LogP contribution < -0.4 is 26.7 Å². The molecule has 1 amide bonds. The smallest absolute Gasteiger partial charge is 0.387 e. The molecule has 2 fully saturated rings. The van der Waals surface area contributed by atoms with Crippen molar-refractivity contribution in [3.05, 3.63) is 41.6 Å². The number of phosphoric acid groups is 3. The number of aliphatic hydroxyl groups is 3. The van der Waals surface area contributed by atoms with Crippen molar-refractivity contribution in [3.63, 3.8) is 0 Å². The zero-order chi connectivity index (χ0) is 35.2. The number of phosphoric ester groups is 3. The number of hydrogen-bond acceptors (Lipinski definition) is 18. The Morgan fingerprint density at radius 3 is 2.29 bits per heavy atom. The number of rotatable bonds is 13. The van der Waals surface area contributed by atoms with E-state index in [0.29, 0.717) is 11.5 Å². The number of nitrogens with one attached hydrogen (secondary N) is 2. The van der Waals surface area contributed by atoms with E-state index in [1.165, 1.54) is 34.0 Å². The fourth-order valence-electron chi connectivity index (χ4n) is 5.17. The van der Waals surface area contributed by atoms with Crippen molar-refractivity contribution in [2.24, 2.45) is 16.5 Å². The van der Waals surface area contributed by atoms with Crippen molar-refractivity contribution < 1.29 is 85.3 Å². The Hall–Kier alpha value is -2.60. The molecule has 4 aliphatic rings. The van der Waals surface area contributed by atoms with Crippen LogP contribution in [-0.4, -0.2) is 121 Å². The number of nitrogens with zero attached hydrogens (tertiary/aromatic N) is 3. The van der Waals surface area contributed by atoms with Crippen molar-refractivity contribution in [1.29, 1.82) is 0 Å². The highest BCUT2D eigenvalue weighted by Crippen LogP contribution is 2.61. The summed E-state index contributed by atoms with van der Waals surface area (Å²) in [6.45, 7) is -1.99. The number of carbonyl (C=O) groups excluding carboxylic acids is 1. The molecule has 2 unspecified atom stereocenters. The minimum Gasteiger partial charge on any atom is -0.387 e. The van der Waals surface area contributed by atoms with Gasteiger partial charge in [0, 0.05) is 6.07 Å². The molecule has 27 heteroatoms. The van der Waals surface area contributed by atoms with Crippen LogP contribution in [0.5, 0.6) is 0 Å². The van der Waals surface area contributed by atoms with E-state index in [9.17, 15) is 53.4 Å². The first-order valence-electron chi connectivity index (χ1n) is 13.7. The van der Waals surface area contributed by atoms with Crippen LogP contribution in [0.15, 0.2) is 41.0 Å². The predicted octanol–water partition coefficient (Wildman–Crippen LogP) is -4.54. The third-order valence-electron chi connectivity index (χ3n) is 7.33. The minimum atomic E-state index is -5.50. The lowest BCUT2D eigenvalue weighted by molar-refractivity contribution is -0.765. The number of primary amides is 1. The van der Waals surface area contributed by atoms with Gasteiger partial charge in [-0.25, -0.2) is 18.7 Å². The number of ether oxygens (including phenoxy) is 2. The molecule has 0 bridgehead atoms. The van der Waals surface area contributed by atoms with Crippen molar-refractivity contribution in [2.75, 3.05) is 26.6 Å². The number of amidine groups is 1. The molecule has 0 aromatic carbocycles. The lowest BCUT2D eigenvalue weighted by Gasteiger charge is -2.32. The zero-order valence-corrected chi connectivity index (χ0v) is 27.0. The molecule has 0 spiro atoms. The quantitative estimate of drug-likeness (QED) is 0.0668. The summed E-state index contributed by atoms with van der Waals surface area (Å²) in [5.74, 6) is -0.375. The van der Waals surface area contributed by atoms with Crippen LogP contribution in [-0.2, 0) is 41.1 Å². The largest absolute Gasteiger partial charge is 0.481 e.